The van der Waals surface area contributed by atoms with Gasteiger partial charge in [0.25, 0.3) is 0 Å². The Hall–Kier alpha value is 0.120. The standard InChI is InChI=1S/C4H10IN2O2/c1-2-9-4(8)3-7-5-6/h7H,2-3,6H2,1H3/q-1. The first-order chi connectivity index (χ1) is 4.31. The molecule has 0 unspecified atom stereocenters. The van der Waals surface area contributed by atoms with E-state index in [0.717, 1.165) is 0 Å². The predicted octanol–water partition coefficient (Wildman–Crippen LogP) is -3.98. The van der Waals surface area contributed by atoms with Gasteiger partial charge in [-0.05, 0) is 0 Å². The topological polar surface area (TPSA) is 64.3 Å². The van der Waals surface area contributed by atoms with Gasteiger partial charge in [-0.2, -0.15) is 0 Å². The molecule has 0 aromatic rings. The van der Waals surface area contributed by atoms with Crippen molar-refractivity contribution in [3.63, 3.8) is 0 Å². The Balaban J connectivity index is 3.06. The van der Waals surface area contributed by atoms with Crippen molar-refractivity contribution in [3.05, 3.63) is 0 Å². The second-order valence-corrected chi connectivity index (χ2v) is 2.61. The number of rotatable bonds is 4. The number of carbonyl (C=O) groups excluding carboxylic acids is 1. The van der Waals surface area contributed by atoms with Crippen LogP contribution in [0.25, 0.3) is 0 Å². The molecule has 0 aromatic carbocycles. The summed E-state index contributed by atoms with van der Waals surface area (Å²) in [5.74, 6) is -0.234. The first-order valence-electron chi connectivity index (χ1n) is 2.52. The van der Waals surface area contributed by atoms with Crippen LogP contribution in [0.1, 0.15) is 6.92 Å². The molecule has 0 rings (SSSR count). The molecule has 56 valence electrons. The molecular weight excluding hydrogens is 235 g/mol. The second kappa shape index (κ2) is 6.24. The summed E-state index contributed by atoms with van der Waals surface area (Å²) in [5.41, 5.74) is 0. The van der Waals surface area contributed by atoms with Gasteiger partial charge in [0.15, 0.2) is 0 Å². The van der Waals surface area contributed by atoms with E-state index in [4.69, 9.17) is 3.95 Å². The molecule has 0 amide bonds. The van der Waals surface area contributed by atoms with E-state index in [1.807, 2.05) is 0 Å². The van der Waals surface area contributed by atoms with E-state index in [2.05, 4.69) is 8.27 Å². The number of esters is 1. The van der Waals surface area contributed by atoms with E-state index in [9.17, 15) is 4.79 Å². The molecule has 0 saturated heterocycles. The van der Waals surface area contributed by atoms with Crippen LogP contribution in [0.15, 0.2) is 0 Å². The van der Waals surface area contributed by atoms with Gasteiger partial charge < -0.3 is 0 Å². The SMILES string of the molecule is CCOC(=O)CN[I-]N. The minimum absolute atomic E-state index is 0.234. The summed E-state index contributed by atoms with van der Waals surface area (Å²) in [6.45, 7) is 2.45. The van der Waals surface area contributed by atoms with Crippen LogP contribution in [-0.2, 0) is 9.53 Å². The van der Waals surface area contributed by atoms with Crippen LogP contribution in [0.5, 0.6) is 0 Å². The zero-order valence-corrected chi connectivity index (χ0v) is 7.34. The summed E-state index contributed by atoms with van der Waals surface area (Å²) in [6.07, 6.45) is 0. The van der Waals surface area contributed by atoms with E-state index in [1.54, 1.807) is 6.92 Å². The van der Waals surface area contributed by atoms with Crippen molar-refractivity contribution in [1.29, 1.82) is 0 Å². The Morgan fingerprint density at radius 2 is 2.56 bits per heavy atom. The van der Waals surface area contributed by atoms with Gasteiger partial charge >= 0.3 is 64.8 Å². The third-order valence-corrected chi connectivity index (χ3v) is 1.42. The molecule has 0 aromatic heterocycles. The van der Waals surface area contributed by atoms with Crippen LogP contribution in [0.4, 0.5) is 0 Å². The van der Waals surface area contributed by atoms with Gasteiger partial charge in [-0.1, -0.05) is 0 Å². The normalized spacial score (nSPS) is 9.56. The Bertz CT molecular complexity index is 88.6. The van der Waals surface area contributed by atoms with Crippen molar-refractivity contribution in [2.24, 2.45) is 3.95 Å². The van der Waals surface area contributed by atoms with Crippen LogP contribution >= 0.6 is 0 Å². The van der Waals surface area contributed by atoms with E-state index < -0.39 is 21.8 Å². The van der Waals surface area contributed by atoms with Crippen molar-refractivity contribution in [2.75, 3.05) is 13.2 Å². The Labute approximate surface area is 65.1 Å². The molecule has 0 spiro atoms. The van der Waals surface area contributed by atoms with Gasteiger partial charge in [0.05, 0.1) is 0 Å². The molecule has 3 N–H and O–H groups in total. The van der Waals surface area contributed by atoms with E-state index in [-0.39, 0.29) is 12.5 Å². The van der Waals surface area contributed by atoms with Crippen molar-refractivity contribution in [3.8, 4) is 0 Å². The number of nitrogens with one attached hydrogen (secondary N) is 1. The number of halogens is 1. The summed E-state index contributed by atoms with van der Waals surface area (Å²) in [7, 11) is 0. The molecule has 0 aliphatic heterocycles. The van der Waals surface area contributed by atoms with Crippen LogP contribution in [-0.4, -0.2) is 19.1 Å². The van der Waals surface area contributed by atoms with E-state index >= 15 is 0 Å². The van der Waals surface area contributed by atoms with Crippen molar-refractivity contribution < 1.29 is 31.3 Å². The molecule has 0 bridgehead atoms. The van der Waals surface area contributed by atoms with Crippen LogP contribution < -0.4 is 29.2 Å². The summed E-state index contributed by atoms with van der Waals surface area (Å²) in [4.78, 5) is 10.5. The Morgan fingerprint density at radius 1 is 1.89 bits per heavy atom. The maximum absolute atomic E-state index is 10.5. The van der Waals surface area contributed by atoms with Crippen LogP contribution in [0.3, 0.4) is 0 Å². The van der Waals surface area contributed by atoms with Crippen LogP contribution in [0, 0.1) is 0 Å². The average molecular weight is 245 g/mol. The number of hydrogen-bond acceptors (Lipinski definition) is 4. The van der Waals surface area contributed by atoms with Gasteiger partial charge in [0, 0.05) is 0 Å². The van der Waals surface area contributed by atoms with Crippen molar-refractivity contribution in [1.82, 2.24) is 3.53 Å². The number of hydrogen-bond donors (Lipinski definition) is 2. The van der Waals surface area contributed by atoms with Crippen molar-refractivity contribution in [2.45, 2.75) is 6.92 Å². The molecule has 0 fully saturated rings. The van der Waals surface area contributed by atoms with Crippen LogP contribution in [0.2, 0.25) is 0 Å². The fourth-order valence-corrected chi connectivity index (χ4v) is 0.837. The zero-order chi connectivity index (χ0) is 7.11. The van der Waals surface area contributed by atoms with Gasteiger partial charge in [0.2, 0.25) is 0 Å². The quantitative estimate of drug-likeness (QED) is 0.301. The summed E-state index contributed by atoms with van der Waals surface area (Å²) >= 11 is -0.488. The number of ether oxygens (including phenoxy) is 1. The third-order valence-electron chi connectivity index (χ3n) is 0.594. The number of carbonyl (C=O) groups is 1. The Morgan fingerprint density at radius 3 is 3.00 bits per heavy atom. The molecule has 0 aliphatic carbocycles. The zero-order valence-electron chi connectivity index (χ0n) is 5.19. The molecular formula is C4H10IN2O2-. The molecule has 5 heteroatoms. The maximum atomic E-state index is 10.5. The summed E-state index contributed by atoms with van der Waals surface area (Å²) in [5, 5.41) is 0. The molecule has 0 saturated carbocycles. The Kier molecular flexibility index (Phi) is 6.33. The molecule has 0 radical (unpaired) electrons. The van der Waals surface area contributed by atoms with E-state index in [1.165, 1.54) is 0 Å². The van der Waals surface area contributed by atoms with Gasteiger partial charge in [0.1, 0.15) is 0 Å². The van der Waals surface area contributed by atoms with Crippen molar-refractivity contribution >= 4 is 5.97 Å². The third kappa shape index (κ3) is 6.00. The average Bonchev–Trinajstić information content (AvgIpc) is 1.85. The number of nitrogens with two attached hydrogens (primary N) is 1. The first-order valence-corrected chi connectivity index (χ1v) is 4.84. The van der Waals surface area contributed by atoms with Gasteiger partial charge in [-0.3, -0.25) is 0 Å². The molecule has 0 aliphatic rings. The second-order valence-electron chi connectivity index (χ2n) is 1.22. The summed E-state index contributed by atoms with van der Waals surface area (Å²) in [6, 6.07) is 0. The molecule has 9 heavy (non-hydrogen) atoms. The fraction of sp³-hybridized carbons (Fsp3) is 0.750. The summed E-state index contributed by atoms with van der Waals surface area (Å²) < 4.78 is 12.5. The monoisotopic (exact) mass is 245 g/mol. The fourth-order valence-electron chi connectivity index (χ4n) is 0.305. The predicted molar refractivity (Wildman–Crippen MR) is 28.8 cm³/mol. The molecule has 0 atom stereocenters. The van der Waals surface area contributed by atoms with Gasteiger partial charge in [-0.25, -0.2) is 0 Å². The first kappa shape index (κ1) is 9.12. The minimum atomic E-state index is -0.488. The molecule has 0 heterocycles. The van der Waals surface area contributed by atoms with Gasteiger partial charge in [-0.15, -0.1) is 0 Å². The molecule has 4 nitrogen and oxygen atoms in total. The van der Waals surface area contributed by atoms with E-state index in [0.29, 0.717) is 6.61 Å².